The van der Waals surface area contributed by atoms with Crippen molar-refractivity contribution in [2.45, 2.75) is 116 Å². The van der Waals surface area contributed by atoms with Crippen molar-refractivity contribution < 1.29 is 38.5 Å². The summed E-state index contributed by atoms with van der Waals surface area (Å²) in [4.78, 5) is 49.4. The van der Waals surface area contributed by atoms with Crippen LogP contribution in [0.2, 0.25) is 0 Å². The molecule has 0 saturated heterocycles. The Morgan fingerprint density at radius 2 is 1.51 bits per heavy atom. The lowest BCUT2D eigenvalue weighted by molar-refractivity contribution is -0.155. The zero-order valence-electron chi connectivity index (χ0n) is 22.8. The van der Waals surface area contributed by atoms with E-state index in [1.807, 2.05) is 0 Å². The van der Waals surface area contributed by atoms with E-state index >= 15 is 0 Å². The first kappa shape index (κ1) is 32.4. The number of ether oxygens (including phenoxy) is 3. The predicted molar refractivity (Wildman–Crippen MR) is 138 cm³/mol. The number of unbranched alkanes of at least 4 members (excludes halogenated alkanes) is 2. The first-order valence-electron chi connectivity index (χ1n) is 13.7. The Balaban J connectivity index is 2.70. The Kier molecular flexibility index (Phi) is 16.3. The van der Waals surface area contributed by atoms with Crippen molar-refractivity contribution in [2.75, 3.05) is 19.8 Å². The topological polar surface area (TPSA) is 128 Å². The normalized spacial score (nSPS) is 15.9. The lowest BCUT2D eigenvalue weighted by atomic mass is 9.81. The number of amides is 1. The molecule has 1 rings (SSSR count). The van der Waals surface area contributed by atoms with Gasteiger partial charge in [-0.1, -0.05) is 32.1 Å². The van der Waals surface area contributed by atoms with Crippen LogP contribution in [0.25, 0.3) is 0 Å². The van der Waals surface area contributed by atoms with E-state index < -0.39 is 35.4 Å². The van der Waals surface area contributed by atoms with E-state index in [4.69, 9.17) is 14.2 Å². The lowest BCUT2D eigenvalue weighted by Gasteiger charge is -2.32. The molecule has 0 heterocycles. The second kappa shape index (κ2) is 18.6. The molecule has 0 aromatic heterocycles. The number of aliphatic hydroxyl groups is 1. The van der Waals surface area contributed by atoms with Gasteiger partial charge in [-0.2, -0.15) is 0 Å². The third-order valence-corrected chi connectivity index (χ3v) is 6.36. The van der Waals surface area contributed by atoms with Crippen LogP contribution in [0.3, 0.4) is 0 Å². The summed E-state index contributed by atoms with van der Waals surface area (Å²) in [7, 11) is 0. The first-order valence-corrected chi connectivity index (χ1v) is 13.7. The second-order valence-electron chi connectivity index (χ2n) is 9.36. The van der Waals surface area contributed by atoms with Crippen LogP contribution in [0.1, 0.15) is 104 Å². The molecule has 1 amide bonds. The Hall–Kier alpha value is -2.60. The third kappa shape index (κ3) is 13.5. The van der Waals surface area contributed by atoms with E-state index in [2.05, 4.69) is 17.2 Å². The molecule has 0 radical (unpaired) electrons. The van der Waals surface area contributed by atoms with Gasteiger partial charge in [-0.25, -0.2) is 4.79 Å². The van der Waals surface area contributed by atoms with E-state index in [0.717, 1.165) is 32.1 Å². The summed E-state index contributed by atoms with van der Waals surface area (Å²) >= 11 is 0. The fourth-order valence-corrected chi connectivity index (χ4v) is 4.39. The van der Waals surface area contributed by atoms with Gasteiger partial charge in [-0.3, -0.25) is 14.4 Å². The molecule has 2 unspecified atom stereocenters. The maximum absolute atomic E-state index is 13.0. The highest BCUT2D eigenvalue weighted by Gasteiger charge is 2.32. The van der Waals surface area contributed by atoms with Crippen molar-refractivity contribution in [2.24, 2.45) is 5.92 Å². The van der Waals surface area contributed by atoms with Crippen LogP contribution in [0.4, 0.5) is 0 Å². The summed E-state index contributed by atoms with van der Waals surface area (Å²) in [5.74, 6) is 2.56. The van der Waals surface area contributed by atoms with E-state index in [1.54, 1.807) is 20.8 Å². The van der Waals surface area contributed by atoms with Crippen LogP contribution in [0.5, 0.6) is 0 Å². The van der Waals surface area contributed by atoms with Crippen molar-refractivity contribution in [3.63, 3.8) is 0 Å². The van der Waals surface area contributed by atoms with Crippen molar-refractivity contribution in [1.82, 2.24) is 5.32 Å². The molecule has 210 valence electrons. The number of hydrogen-bond acceptors (Lipinski definition) is 8. The molecule has 0 aromatic carbocycles. The molecule has 1 aliphatic rings. The van der Waals surface area contributed by atoms with E-state index in [9.17, 15) is 24.3 Å². The molecule has 9 heteroatoms. The van der Waals surface area contributed by atoms with Crippen molar-refractivity contribution in [3.8, 4) is 11.8 Å². The Bertz CT molecular complexity index is 779. The molecule has 0 spiro atoms. The summed E-state index contributed by atoms with van der Waals surface area (Å²) in [5.41, 5.74) is -0.649. The highest BCUT2D eigenvalue weighted by Crippen LogP contribution is 2.32. The van der Waals surface area contributed by atoms with Gasteiger partial charge >= 0.3 is 17.9 Å². The summed E-state index contributed by atoms with van der Waals surface area (Å²) in [6.07, 6.45) is 8.20. The minimum atomic E-state index is -1.06. The SMILES string of the molecule is CCOC(=O)CCCC#CCC(NC(=O)C(CCCCC1(O)CCCCC1)C(=O)OCC)C(=O)OCC. The zero-order valence-corrected chi connectivity index (χ0v) is 22.8. The fraction of sp³-hybridized carbons (Fsp3) is 0.786. The maximum atomic E-state index is 13.0. The molecule has 37 heavy (non-hydrogen) atoms. The van der Waals surface area contributed by atoms with Gasteiger partial charge in [0.1, 0.15) is 12.0 Å². The maximum Gasteiger partial charge on any atom is 0.329 e. The average Bonchev–Trinajstić information content (AvgIpc) is 2.86. The van der Waals surface area contributed by atoms with Crippen molar-refractivity contribution >= 4 is 23.8 Å². The minimum absolute atomic E-state index is 0.0204. The summed E-state index contributed by atoms with van der Waals surface area (Å²) < 4.78 is 15.1. The summed E-state index contributed by atoms with van der Waals surface area (Å²) in [6, 6.07) is -1.02. The van der Waals surface area contributed by atoms with Crippen molar-refractivity contribution in [1.29, 1.82) is 0 Å². The van der Waals surface area contributed by atoms with Crippen molar-refractivity contribution in [3.05, 3.63) is 0 Å². The van der Waals surface area contributed by atoms with Gasteiger partial charge in [-0.15, -0.1) is 11.8 Å². The summed E-state index contributed by atoms with van der Waals surface area (Å²) in [6.45, 7) is 5.70. The van der Waals surface area contributed by atoms with Gasteiger partial charge in [0, 0.05) is 19.3 Å². The van der Waals surface area contributed by atoms with Gasteiger partial charge < -0.3 is 24.6 Å². The number of esters is 3. The Labute approximate surface area is 221 Å². The smallest absolute Gasteiger partial charge is 0.329 e. The Morgan fingerprint density at radius 3 is 2.16 bits per heavy atom. The van der Waals surface area contributed by atoms with Crippen LogP contribution in [-0.4, -0.2) is 60.4 Å². The molecule has 0 bridgehead atoms. The quantitative estimate of drug-likeness (QED) is 0.103. The standard InChI is InChI=1S/C28H45NO8/c1-4-35-24(30)18-11-8-7-10-17-23(27(33)37-6-3)29-25(31)22(26(32)36-5-2)16-12-15-21-28(34)19-13-9-14-20-28/h22-23,34H,4-6,8-9,11-21H2,1-3H3,(H,29,31). The molecule has 0 aromatic rings. The number of nitrogens with one attached hydrogen (secondary N) is 1. The number of carbonyl (C=O) groups excluding carboxylic acids is 4. The molecule has 1 fully saturated rings. The summed E-state index contributed by atoms with van der Waals surface area (Å²) in [5, 5.41) is 13.3. The van der Waals surface area contributed by atoms with Gasteiger partial charge in [0.05, 0.1) is 25.4 Å². The number of hydrogen-bond donors (Lipinski definition) is 2. The highest BCUT2D eigenvalue weighted by molar-refractivity contribution is 5.99. The minimum Gasteiger partial charge on any atom is -0.466 e. The predicted octanol–water partition coefficient (Wildman–Crippen LogP) is 3.60. The second-order valence-corrected chi connectivity index (χ2v) is 9.36. The Morgan fingerprint density at radius 1 is 0.865 bits per heavy atom. The number of rotatable bonds is 16. The van der Waals surface area contributed by atoms with E-state index in [1.165, 1.54) is 0 Å². The van der Waals surface area contributed by atoms with Crippen LogP contribution >= 0.6 is 0 Å². The van der Waals surface area contributed by atoms with Gasteiger partial charge in [0.2, 0.25) is 5.91 Å². The van der Waals surface area contributed by atoms with Crippen LogP contribution in [0.15, 0.2) is 0 Å². The largest absolute Gasteiger partial charge is 0.466 e. The fourth-order valence-electron chi connectivity index (χ4n) is 4.39. The van der Waals surface area contributed by atoms with E-state index in [-0.39, 0.29) is 38.4 Å². The molecule has 2 N–H and O–H groups in total. The van der Waals surface area contributed by atoms with Crippen LogP contribution in [-0.2, 0) is 33.4 Å². The van der Waals surface area contributed by atoms with Gasteiger partial charge in [-0.05, 0) is 52.9 Å². The zero-order chi connectivity index (χ0) is 27.5. The third-order valence-electron chi connectivity index (χ3n) is 6.36. The highest BCUT2D eigenvalue weighted by atomic mass is 16.5. The molecular weight excluding hydrogens is 478 g/mol. The van der Waals surface area contributed by atoms with Gasteiger partial charge in [0.25, 0.3) is 0 Å². The van der Waals surface area contributed by atoms with Gasteiger partial charge in [0.15, 0.2) is 0 Å². The average molecular weight is 524 g/mol. The molecule has 0 aliphatic heterocycles. The molecule has 1 aliphatic carbocycles. The van der Waals surface area contributed by atoms with E-state index in [0.29, 0.717) is 38.7 Å². The van der Waals surface area contributed by atoms with Crippen LogP contribution in [0, 0.1) is 17.8 Å². The number of carbonyl (C=O) groups is 4. The monoisotopic (exact) mass is 523 g/mol. The molecule has 1 saturated carbocycles. The van der Waals surface area contributed by atoms with Crippen LogP contribution < -0.4 is 5.32 Å². The molecule has 2 atom stereocenters. The molecule has 9 nitrogen and oxygen atoms in total. The molecular formula is C28H45NO8. The first-order chi connectivity index (χ1) is 17.8. The lowest BCUT2D eigenvalue weighted by Crippen LogP contribution is -2.46.